The summed E-state index contributed by atoms with van der Waals surface area (Å²) in [6.45, 7) is 1.41. The highest BCUT2D eigenvalue weighted by atomic mass is 16.5. The van der Waals surface area contributed by atoms with Crippen LogP contribution < -0.4 is 0 Å². The summed E-state index contributed by atoms with van der Waals surface area (Å²) in [5.74, 6) is 0. The summed E-state index contributed by atoms with van der Waals surface area (Å²) in [6.07, 6.45) is 5.88. The Morgan fingerprint density at radius 2 is 2.12 bits per heavy atom. The first-order chi connectivity index (χ1) is 7.95. The highest BCUT2D eigenvalue weighted by molar-refractivity contribution is 5.13. The summed E-state index contributed by atoms with van der Waals surface area (Å²) in [7, 11) is 0. The summed E-state index contributed by atoms with van der Waals surface area (Å²) < 4.78 is 10.3. The lowest BCUT2D eigenvalue weighted by molar-refractivity contribution is 0.118. The molecule has 0 saturated heterocycles. The quantitative estimate of drug-likeness (QED) is 0.696. The second-order valence-corrected chi connectivity index (χ2v) is 3.57. The van der Waals surface area contributed by atoms with Crippen LogP contribution in [0, 0.1) is 6.39 Å². The minimum atomic E-state index is 0.672. The van der Waals surface area contributed by atoms with E-state index >= 15 is 0 Å². The molecular weight excluding hydrogens is 202 g/mol. The average molecular weight is 216 g/mol. The van der Waals surface area contributed by atoms with Crippen molar-refractivity contribution >= 4 is 0 Å². The van der Waals surface area contributed by atoms with E-state index in [1.807, 2.05) is 18.2 Å². The number of rotatable bonds is 6. The van der Waals surface area contributed by atoms with Crippen molar-refractivity contribution < 1.29 is 9.15 Å². The molecule has 0 unspecified atom stereocenters. The minimum absolute atomic E-state index is 0.672. The summed E-state index contributed by atoms with van der Waals surface area (Å²) in [5, 5.41) is 0. The number of aryl methyl sites for hydroxylation is 1. The maximum absolute atomic E-state index is 5.55. The number of hydrogen-bond donors (Lipinski definition) is 0. The lowest BCUT2D eigenvalue weighted by Crippen LogP contribution is -1.97. The Kier molecular flexibility index (Phi) is 4.14. The van der Waals surface area contributed by atoms with Gasteiger partial charge in [0.05, 0.1) is 12.3 Å². The molecule has 1 radical (unpaired) electrons. The van der Waals surface area contributed by atoms with Crippen molar-refractivity contribution in [2.75, 3.05) is 6.61 Å². The van der Waals surface area contributed by atoms with Crippen LogP contribution in [0.5, 0.6) is 0 Å². The van der Waals surface area contributed by atoms with Crippen LogP contribution in [-0.2, 0) is 17.8 Å². The van der Waals surface area contributed by atoms with E-state index < -0.39 is 0 Å². The predicted molar refractivity (Wildman–Crippen MR) is 59.8 cm³/mol. The van der Waals surface area contributed by atoms with Crippen LogP contribution in [0.4, 0.5) is 0 Å². The number of oxazole rings is 1. The molecule has 0 amide bonds. The zero-order chi connectivity index (χ0) is 11.1. The van der Waals surface area contributed by atoms with Gasteiger partial charge in [-0.2, -0.15) is 0 Å². The lowest BCUT2D eigenvalue weighted by Gasteiger charge is -2.03. The zero-order valence-corrected chi connectivity index (χ0v) is 9.06. The normalized spacial score (nSPS) is 10.5. The third kappa shape index (κ3) is 3.51. The van der Waals surface area contributed by atoms with E-state index in [-0.39, 0.29) is 0 Å². The third-order valence-electron chi connectivity index (χ3n) is 2.27. The van der Waals surface area contributed by atoms with Gasteiger partial charge in [-0.15, -0.1) is 0 Å². The summed E-state index contributed by atoms with van der Waals surface area (Å²) >= 11 is 0. The maximum Gasteiger partial charge on any atom is 0.283 e. The maximum atomic E-state index is 5.55. The van der Waals surface area contributed by atoms with Gasteiger partial charge in [0, 0.05) is 6.61 Å². The SMILES string of the molecule is [c]1nc(CCCOCc2ccccc2)co1. The van der Waals surface area contributed by atoms with Crippen molar-refractivity contribution in [2.45, 2.75) is 19.4 Å². The van der Waals surface area contributed by atoms with Gasteiger partial charge in [-0.25, -0.2) is 4.98 Å². The molecule has 0 aliphatic carbocycles. The van der Waals surface area contributed by atoms with Crippen molar-refractivity contribution in [1.82, 2.24) is 4.98 Å². The summed E-state index contributed by atoms with van der Waals surface area (Å²) in [5.41, 5.74) is 2.14. The van der Waals surface area contributed by atoms with Crippen LogP contribution in [0.2, 0.25) is 0 Å². The van der Waals surface area contributed by atoms with E-state index in [9.17, 15) is 0 Å². The van der Waals surface area contributed by atoms with E-state index in [2.05, 4.69) is 23.5 Å². The molecule has 3 heteroatoms. The fourth-order valence-electron chi connectivity index (χ4n) is 1.44. The van der Waals surface area contributed by atoms with E-state index in [4.69, 9.17) is 9.15 Å². The largest absolute Gasteiger partial charge is 0.441 e. The highest BCUT2D eigenvalue weighted by Crippen LogP contribution is 2.03. The molecule has 1 aromatic heterocycles. The van der Waals surface area contributed by atoms with Crippen LogP contribution in [0.3, 0.4) is 0 Å². The van der Waals surface area contributed by atoms with E-state index in [1.54, 1.807) is 6.26 Å². The number of aromatic nitrogens is 1. The van der Waals surface area contributed by atoms with Gasteiger partial charge in [-0.1, -0.05) is 30.3 Å². The van der Waals surface area contributed by atoms with Crippen LogP contribution in [0.15, 0.2) is 41.0 Å². The van der Waals surface area contributed by atoms with Gasteiger partial charge in [0.15, 0.2) is 0 Å². The highest BCUT2D eigenvalue weighted by Gasteiger charge is 1.97. The zero-order valence-electron chi connectivity index (χ0n) is 9.06. The first-order valence-electron chi connectivity index (χ1n) is 5.37. The Hall–Kier alpha value is -1.61. The van der Waals surface area contributed by atoms with Gasteiger partial charge in [0.1, 0.15) is 6.26 Å². The van der Waals surface area contributed by atoms with Crippen LogP contribution in [0.25, 0.3) is 0 Å². The van der Waals surface area contributed by atoms with E-state index in [1.165, 1.54) is 5.56 Å². The summed E-state index contributed by atoms with van der Waals surface area (Å²) in [6, 6.07) is 10.2. The van der Waals surface area contributed by atoms with Crippen LogP contribution in [-0.4, -0.2) is 11.6 Å². The number of ether oxygens (including phenoxy) is 1. The monoisotopic (exact) mass is 216 g/mol. The molecule has 0 aliphatic rings. The predicted octanol–water partition coefficient (Wildman–Crippen LogP) is 2.62. The van der Waals surface area contributed by atoms with Crippen molar-refractivity contribution in [3.05, 3.63) is 54.2 Å². The number of nitrogens with zero attached hydrogens (tertiary/aromatic N) is 1. The van der Waals surface area contributed by atoms with Crippen molar-refractivity contribution in [2.24, 2.45) is 0 Å². The second kappa shape index (κ2) is 6.08. The molecular formula is C13H14NO2. The van der Waals surface area contributed by atoms with Gasteiger partial charge in [0.25, 0.3) is 6.39 Å². The van der Waals surface area contributed by atoms with Crippen molar-refractivity contribution in [3.8, 4) is 0 Å². The molecule has 0 aliphatic heterocycles. The Morgan fingerprint density at radius 3 is 2.88 bits per heavy atom. The fraction of sp³-hybridized carbons (Fsp3) is 0.308. The smallest absolute Gasteiger partial charge is 0.283 e. The number of benzene rings is 1. The first-order valence-corrected chi connectivity index (χ1v) is 5.37. The standard InChI is InChI=1S/C13H14NO2/c1-2-5-12(6-3-1)9-15-8-4-7-13-10-16-11-14-13/h1-3,5-6,10H,4,7-9H2. The molecule has 83 valence electrons. The van der Waals surface area contributed by atoms with Crippen molar-refractivity contribution in [1.29, 1.82) is 0 Å². The molecule has 2 aromatic rings. The molecule has 0 saturated carbocycles. The Labute approximate surface area is 95.1 Å². The molecule has 1 heterocycles. The number of hydrogen-bond acceptors (Lipinski definition) is 3. The van der Waals surface area contributed by atoms with Gasteiger partial charge in [-0.3, -0.25) is 0 Å². The van der Waals surface area contributed by atoms with Crippen LogP contribution >= 0.6 is 0 Å². The van der Waals surface area contributed by atoms with Gasteiger partial charge in [0.2, 0.25) is 0 Å². The van der Waals surface area contributed by atoms with E-state index in [0.29, 0.717) is 6.61 Å². The van der Waals surface area contributed by atoms with Gasteiger partial charge < -0.3 is 9.15 Å². The molecule has 2 rings (SSSR count). The van der Waals surface area contributed by atoms with Gasteiger partial charge >= 0.3 is 0 Å². The molecule has 0 spiro atoms. The Bertz CT molecular complexity index is 384. The molecule has 0 fully saturated rings. The fourth-order valence-corrected chi connectivity index (χ4v) is 1.44. The Morgan fingerprint density at radius 1 is 1.25 bits per heavy atom. The molecule has 16 heavy (non-hydrogen) atoms. The minimum Gasteiger partial charge on any atom is -0.441 e. The second-order valence-electron chi connectivity index (χ2n) is 3.57. The summed E-state index contributed by atoms with van der Waals surface area (Å²) in [4.78, 5) is 3.92. The average Bonchev–Trinajstić information content (AvgIpc) is 2.83. The molecule has 1 aromatic carbocycles. The molecule has 0 bridgehead atoms. The molecule has 3 nitrogen and oxygen atoms in total. The van der Waals surface area contributed by atoms with Crippen LogP contribution in [0.1, 0.15) is 17.7 Å². The Balaban J connectivity index is 1.59. The molecule has 0 N–H and O–H groups in total. The van der Waals surface area contributed by atoms with Crippen molar-refractivity contribution in [3.63, 3.8) is 0 Å². The molecule has 0 atom stereocenters. The third-order valence-corrected chi connectivity index (χ3v) is 2.27. The van der Waals surface area contributed by atoms with E-state index in [0.717, 1.165) is 25.1 Å². The lowest BCUT2D eigenvalue weighted by atomic mass is 10.2. The van der Waals surface area contributed by atoms with Gasteiger partial charge in [-0.05, 0) is 18.4 Å². The first kappa shape index (κ1) is 10.9. The topological polar surface area (TPSA) is 35.3 Å².